The van der Waals surface area contributed by atoms with Gasteiger partial charge in [-0.05, 0) is 36.1 Å². The molecule has 33 heavy (non-hydrogen) atoms. The first-order valence-electron chi connectivity index (χ1n) is 10.5. The zero-order valence-corrected chi connectivity index (χ0v) is 19.0. The first kappa shape index (κ1) is 22.9. The molecular formula is C24H25N5O3S. The van der Waals surface area contributed by atoms with Gasteiger partial charge in [0.25, 0.3) is 5.91 Å². The molecule has 0 aliphatic carbocycles. The van der Waals surface area contributed by atoms with E-state index in [0.717, 1.165) is 21.8 Å². The molecule has 1 aliphatic rings. The van der Waals surface area contributed by atoms with Crippen LogP contribution in [0.5, 0.6) is 0 Å². The summed E-state index contributed by atoms with van der Waals surface area (Å²) in [5.74, 6) is 1.16. The molecule has 2 atom stereocenters. The normalized spacial score (nSPS) is 18.2. The zero-order valence-electron chi connectivity index (χ0n) is 18.2. The highest BCUT2D eigenvalue weighted by Crippen LogP contribution is 2.24. The molecule has 1 fully saturated rings. The molecule has 0 saturated carbocycles. The quantitative estimate of drug-likeness (QED) is 0.214. The molecule has 2 amide bonds. The molecule has 170 valence electrons. The number of carbonyl (C=O) groups excluding carboxylic acids is 2. The zero-order chi connectivity index (χ0) is 23.4. The molecule has 0 unspecified atom stereocenters. The molecule has 2 heterocycles. The highest BCUT2D eigenvalue weighted by Gasteiger charge is 2.38. The van der Waals surface area contributed by atoms with E-state index >= 15 is 0 Å². The van der Waals surface area contributed by atoms with Crippen molar-refractivity contribution in [3.8, 4) is 12.3 Å². The highest BCUT2D eigenvalue weighted by atomic mass is 32.2. The number of hydrogen-bond acceptors (Lipinski definition) is 6. The SMILES string of the molecule is C#CCN1C[C@H](C(=O)NO)[C@H](NC(=O)c2ccc(Cn3c(SC)nc4ccccc43)cc2)C1. The van der Waals surface area contributed by atoms with Gasteiger partial charge in [0, 0.05) is 18.7 Å². The van der Waals surface area contributed by atoms with Crippen LogP contribution in [-0.2, 0) is 11.3 Å². The molecule has 8 nitrogen and oxygen atoms in total. The largest absolute Gasteiger partial charge is 0.347 e. The lowest BCUT2D eigenvalue weighted by molar-refractivity contribution is -0.133. The lowest BCUT2D eigenvalue weighted by Crippen LogP contribution is -2.45. The maximum atomic E-state index is 12.8. The minimum atomic E-state index is -0.578. The first-order chi connectivity index (χ1) is 16.0. The Morgan fingerprint density at radius 1 is 1.21 bits per heavy atom. The van der Waals surface area contributed by atoms with Crippen molar-refractivity contribution in [2.24, 2.45) is 5.92 Å². The van der Waals surface area contributed by atoms with Crippen LogP contribution in [0, 0.1) is 18.3 Å². The number of fused-ring (bicyclic) bond motifs is 1. The van der Waals surface area contributed by atoms with Crippen LogP contribution in [0.2, 0.25) is 0 Å². The average molecular weight is 464 g/mol. The van der Waals surface area contributed by atoms with Crippen molar-refractivity contribution >= 4 is 34.6 Å². The third-order valence-electron chi connectivity index (χ3n) is 5.83. The van der Waals surface area contributed by atoms with E-state index in [1.807, 2.05) is 47.6 Å². The van der Waals surface area contributed by atoms with Crippen LogP contribution >= 0.6 is 11.8 Å². The number of para-hydroxylation sites is 2. The maximum Gasteiger partial charge on any atom is 0.251 e. The van der Waals surface area contributed by atoms with Gasteiger partial charge in [0.05, 0.1) is 36.1 Å². The van der Waals surface area contributed by atoms with Crippen molar-refractivity contribution < 1.29 is 14.8 Å². The lowest BCUT2D eigenvalue weighted by Gasteiger charge is -2.18. The molecule has 1 saturated heterocycles. The molecule has 0 bridgehead atoms. The Morgan fingerprint density at radius 3 is 2.67 bits per heavy atom. The Bertz CT molecular complexity index is 1200. The number of amides is 2. The number of carbonyl (C=O) groups is 2. The minimum Gasteiger partial charge on any atom is -0.347 e. The standard InChI is InChI=1S/C24H25N5O3S/c1-3-12-28-14-18(23(31)27-32)20(15-28)25-22(30)17-10-8-16(9-11-17)13-29-21-7-5-4-6-19(21)26-24(29)33-2/h1,4-11,18,20,32H,12-15H2,2H3,(H,25,30)(H,27,31)/t18-,20+/m0/s1. The van der Waals surface area contributed by atoms with E-state index in [9.17, 15) is 9.59 Å². The van der Waals surface area contributed by atoms with Gasteiger partial charge in [-0.3, -0.25) is 19.7 Å². The van der Waals surface area contributed by atoms with Crippen LogP contribution in [0.3, 0.4) is 0 Å². The number of likely N-dealkylation sites (tertiary alicyclic amines) is 1. The Balaban J connectivity index is 1.47. The lowest BCUT2D eigenvalue weighted by atomic mass is 10.0. The Kier molecular flexibility index (Phi) is 6.99. The van der Waals surface area contributed by atoms with E-state index in [4.69, 9.17) is 11.6 Å². The van der Waals surface area contributed by atoms with Crippen LogP contribution in [0.1, 0.15) is 15.9 Å². The van der Waals surface area contributed by atoms with E-state index in [1.54, 1.807) is 29.4 Å². The summed E-state index contributed by atoms with van der Waals surface area (Å²) in [5, 5.41) is 12.9. The molecule has 3 N–H and O–H groups in total. The Labute approximate surface area is 196 Å². The number of nitrogens with zero attached hydrogens (tertiary/aromatic N) is 3. The van der Waals surface area contributed by atoms with E-state index in [1.165, 1.54) is 0 Å². The van der Waals surface area contributed by atoms with E-state index < -0.39 is 17.9 Å². The fourth-order valence-electron chi connectivity index (χ4n) is 4.20. The molecule has 0 spiro atoms. The summed E-state index contributed by atoms with van der Waals surface area (Å²) < 4.78 is 2.16. The van der Waals surface area contributed by atoms with Gasteiger partial charge in [-0.1, -0.05) is 41.9 Å². The molecule has 9 heteroatoms. The predicted octanol–water partition coefficient (Wildman–Crippen LogP) is 1.98. The number of terminal acetylenes is 1. The fourth-order valence-corrected chi connectivity index (χ4v) is 4.77. The van der Waals surface area contributed by atoms with Crippen LogP contribution in [-0.4, -0.2) is 63.4 Å². The number of hydrogen-bond donors (Lipinski definition) is 3. The smallest absolute Gasteiger partial charge is 0.251 e. The summed E-state index contributed by atoms with van der Waals surface area (Å²) in [6.07, 6.45) is 7.38. The predicted molar refractivity (Wildman–Crippen MR) is 127 cm³/mol. The topological polar surface area (TPSA) is 99.5 Å². The van der Waals surface area contributed by atoms with Gasteiger partial charge in [-0.25, -0.2) is 10.5 Å². The van der Waals surface area contributed by atoms with Gasteiger partial charge in [-0.15, -0.1) is 6.42 Å². The maximum absolute atomic E-state index is 12.8. The summed E-state index contributed by atoms with van der Waals surface area (Å²) in [6.45, 7) is 1.83. The molecule has 3 aromatic rings. The number of nitrogens with one attached hydrogen (secondary N) is 2. The molecule has 4 rings (SSSR count). The summed E-state index contributed by atoms with van der Waals surface area (Å²) in [6, 6.07) is 15.0. The van der Waals surface area contributed by atoms with Gasteiger partial charge in [0.15, 0.2) is 5.16 Å². The first-order valence-corrected chi connectivity index (χ1v) is 11.7. The number of benzene rings is 2. The highest BCUT2D eigenvalue weighted by molar-refractivity contribution is 7.98. The number of rotatable bonds is 7. The molecule has 2 aromatic carbocycles. The van der Waals surface area contributed by atoms with Crippen LogP contribution in [0.15, 0.2) is 53.7 Å². The summed E-state index contributed by atoms with van der Waals surface area (Å²) in [7, 11) is 0. The van der Waals surface area contributed by atoms with Crippen LogP contribution in [0.25, 0.3) is 11.0 Å². The van der Waals surface area contributed by atoms with Crippen molar-refractivity contribution in [1.82, 2.24) is 25.2 Å². The minimum absolute atomic E-state index is 0.275. The molecule has 1 aliphatic heterocycles. The van der Waals surface area contributed by atoms with Crippen LogP contribution in [0.4, 0.5) is 0 Å². The van der Waals surface area contributed by atoms with Crippen LogP contribution < -0.4 is 10.8 Å². The third kappa shape index (κ3) is 4.88. The molecule has 0 radical (unpaired) electrons. The van der Waals surface area contributed by atoms with Crippen molar-refractivity contribution in [3.05, 3.63) is 59.7 Å². The summed E-state index contributed by atoms with van der Waals surface area (Å²) in [4.78, 5) is 31.4. The number of aromatic nitrogens is 2. The second kappa shape index (κ2) is 10.1. The Hall–Kier alpha value is -3.32. The number of thioether (sulfide) groups is 1. The van der Waals surface area contributed by atoms with Gasteiger partial charge in [-0.2, -0.15) is 0 Å². The van der Waals surface area contributed by atoms with Gasteiger partial charge < -0.3 is 9.88 Å². The van der Waals surface area contributed by atoms with Gasteiger partial charge in [0.1, 0.15) is 0 Å². The van der Waals surface area contributed by atoms with Crippen molar-refractivity contribution in [2.75, 3.05) is 25.9 Å². The van der Waals surface area contributed by atoms with Crippen molar-refractivity contribution in [2.45, 2.75) is 17.7 Å². The average Bonchev–Trinajstić information content (AvgIpc) is 3.40. The molecule has 1 aromatic heterocycles. The van der Waals surface area contributed by atoms with Gasteiger partial charge >= 0.3 is 0 Å². The van der Waals surface area contributed by atoms with Gasteiger partial charge in [0.2, 0.25) is 5.91 Å². The van der Waals surface area contributed by atoms with E-state index in [-0.39, 0.29) is 5.91 Å². The fraction of sp³-hybridized carbons (Fsp3) is 0.292. The van der Waals surface area contributed by atoms with Crippen molar-refractivity contribution in [3.63, 3.8) is 0 Å². The summed E-state index contributed by atoms with van der Waals surface area (Å²) >= 11 is 1.60. The molecular weight excluding hydrogens is 438 g/mol. The van der Waals surface area contributed by atoms with E-state index in [2.05, 4.69) is 20.8 Å². The second-order valence-corrected chi connectivity index (χ2v) is 8.70. The Morgan fingerprint density at radius 2 is 1.97 bits per heavy atom. The number of hydroxylamine groups is 1. The van der Waals surface area contributed by atoms with Crippen molar-refractivity contribution in [1.29, 1.82) is 0 Å². The summed E-state index contributed by atoms with van der Waals surface area (Å²) in [5.41, 5.74) is 5.25. The second-order valence-electron chi connectivity index (χ2n) is 7.93. The third-order valence-corrected chi connectivity index (χ3v) is 6.51. The monoisotopic (exact) mass is 463 g/mol. The number of imidazole rings is 1. The van der Waals surface area contributed by atoms with E-state index in [0.29, 0.717) is 31.7 Å².